The van der Waals surface area contributed by atoms with Gasteiger partial charge in [0.15, 0.2) is 5.82 Å². The van der Waals surface area contributed by atoms with E-state index in [9.17, 15) is 28.8 Å². The molecule has 3 saturated heterocycles. The van der Waals surface area contributed by atoms with Gasteiger partial charge >= 0.3 is 5.92 Å². The van der Waals surface area contributed by atoms with E-state index in [2.05, 4.69) is 35.7 Å². The Hall–Kier alpha value is -6.24. The molecule has 5 fully saturated rings. The quantitative estimate of drug-likeness (QED) is 0.234. The van der Waals surface area contributed by atoms with Crippen molar-refractivity contribution in [3.63, 3.8) is 0 Å². The molecule has 10 rings (SSSR count). The minimum absolute atomic E-state index is 0.0773. The van der Waals surface area contributed by atoms with Crippen LogP contribution in [0.2, 0.25) is 0 Å². The fourth-order valence-electron chi connectivity index (χ4n) is 11.5. The van der Waals surface area contributed by atoms with Gasteiger partial charge in [0, 0.05) is 56.4 Å². The van der Waals surface area contributed by atoms with E-state index in [1.807, 2.05) is 6.07 Å². The number of ether oxygens (including phenoxy) is 1. The maximum absolute atomic E-state index is 15.1. The Morgan fingerprint density at radius 3 is 2.36 bits per heavy atom. The van der Waals surface area contributed by atoms with Gasteiger partial charge in [-0.3, -0.25) is 39.0 Å². The molecular weight excluding hydrogens is 867 g/mol. The van der Waals surface area contributed by atoms with Gasteiger partial charge < -0.3 is 35.0 Å². The second-order valence-electron chi connectivity index (χ2n) is 19.6. The highest BCUT2D eigenvalue weighted by atomic mass is 19.3. The highest BCUT2D eigenvalue weighted by molar-refractivity contribution is 6.23. The molecular formula is C48H56F2N10O7. The van der Waals surface area contributed by atoms with Crippen LogP contribution in [0.3, 0.4) is 0 Å². The average molecular weight is 923 g/mol. The number of hydrogen-bond acceptors (Lipinski definition) is 13. The van der Waals surface area contributed by atoms with Gasteiger partial charge in [0.1, 0.15) is 17.5 Å². The number of methoxy groups -OCH3 is 1. The zero-order valence-corrected chi connectivity index (χ0v) is 37.8. The zero-order valence-electron chi connectivity index (χ0n) is 37.8. The molecule has 3 N–H and O–H groups in total. The summed E-state index contributed by atoms with van der Waals surface area (Å²) in [5.74, 6) is -5.72. The number of nitrogens with one attached hydrogen (secondary N) is 3. The number of aromatic nitrogens is 2. The minimum atomic E-state index is -3.58. The van der Waals surface area contributed by atoms with Gasteiger partial charge in [-0.2, -0.15) is 13.8 Å². The molecule has 19 heteroatoms. The number of carbonyl (C=O) groups is 6. The van der Waals surface area contributed by atoms with E-state index < -0.39 is 48.0 Å². The number of anilines is 5. The number of halogens is 2. The molecule has 7 aliphatic rings. The first-order valence-corrected chi connectivity index (χ1v) is 23.6. The number of likely N-dealkylation sites (tertiary alicyclic amines) is 1. The Balaban J connectivity index is 0.688. The lowest BCUT2D eigenvalue weighted by Gasteiger charge is -2.52. The number of alkyl halides is 2. The average Bonchev–Trinajstić information content (AvgIpc) is 3.92. The van der Waals surface area contributed by atoms with Gasteiger partial charge in [0.2, 0.25) is 17.8 Å². The predicted octanol–water partition coefficient (Wildman–Crippen LogP) is 4.88. The van der Waals surface area contributed by atoms with Crippen LogP contribution in [0.4, 0.5) is 37.6 Å². The standard InChI is InChI=1S/C48H56F2N10O7/c1-56-37-25-51-46(55-40(37)59(31-5-3-4-6-31)27-48(49,50)45(56)66)53-35-10-7-29(21-38(35)67-2)41(62)52-30-23-47(24-30)15-19-57(20-16-47)26-28-13-17-58(18-14-28)32-8-9-33-34(22-32)44(65)60(43(33)64)36-11-12-39(61)54-42(36)63/h7-10,21-22,25,28,30-31,36H,3-6,11-20,23-24,26-27H2,1-2H3,(H,52,62)(H,51,53,55)(H,54,61,63). The molecule has 354 valence electrons. The molecule has 5 aliphatic heterocycles. The summed E-state index contributed by atoms with van der Waals surface area (Å²) in [5.41, 5.74) is 2.85. The lowest BCUT2D eigenvalue weighted by atomic mass is 9.60. The largest absolute Gasteiger partial charge is 0.495 e. The summed E-state index contributed by atoms with van der Waals surface area (Å²) in [7, 11) is 2.82. The van der Waals surface area contributed by atoms with Gasteiger partial charge in [0.05, 0.1) is 36.7 Å². The van der Waals surface area contributed by atoms with Crippen molar-refractivity contribution in [2.45, 2.75) is 101 Å². The molecule has 6 heterocycles. The van der Waals surface area contributed by atoms with Crippen LogP contribution in [0.1, 0.15) is 108 Å². The molecule has 1 atom stereocenters. The van der Waals surface area contributed by atoms with Crippen LogP contribution in [0.25, 0.3) is 0 Å². The van der Waals surface area contributed by atoms with Crippen LogP contribution in [0.5, 0.6) is 5.75 Å². The van der Waals surface area contributed by atoms with Gasteiger partial charge in [-0.15, -0.1) is 0 Å². The number of hydrogen-bond donors (Lipinski definition) is 3. The third-order valence-electron chi connectivity index (χ3n) is 15.4. The Labute approximate surface area is 386 Å². The van der Waals surface area contributed by atoms with Crippen molar-refractivity contribution in [1.82, 2.24) is 30.4 Å². The third-order valence-corrected chi connectivity index (χ3v) is 15.4. The fraction of sp³-hybridized carbons (Fsp3) is 0.542. The van der Waals surface area contributed by atoms with E-state index in [0.29, 0.717) is 28.5 Å². The van der Waals surface area contributed by atoms with Crippen LogP contribution >= 0.6 is 0 Å². The number of imide groups is 2. The van der Waals surface area contributed by atoms with Crippen molar-refractivity contribution in [3.05, 3.63) is 59.3 Å². The lowest BCUT2D eigenvalue weighted by molar-refractivity contribution is -0.140. The molecule has 2 aromatic carbocycles. The second kappa shape index (κ2) is 17.4. The number of carbonyl (C=O) groups excluding carboxylic acids is 6. The van der Waals surface area contributed by atoms with Gasteiger partial charge in [-0.25, -0.2) is 4.98 Å². The molecule has 2 aliphatic carbocycles. The van der Waals surface area contributed by atoms with Crippen molar-refractivity contribution < 1.29 is 42.3 Å². The number of piperidine rings is 3. The van der Waals surface area contributed by atoms with Crippen molar-refractivity contribution in [1.29, 1.82) is 0 Å². The number of fused-ring (bicyclic) bond motifs is 2. The molecule has 17 nitrogen and oxygen atoms in total. The van der Waals surface area contributed by atoms with Gasteiger partial charge in [0.25, 0.3) is 23.6 Å². The van der Waals surface area contributed by atoms with E-state index in [1.54, 1.807) is 35.2 Å². The molecule has 6 amide bonds. The zero-order chi connectivity index (χ0) is 46.8. The summed E-state index contributed by atoms with van der Waals surface area (Å²) < 4.78 is 35.8. The second-order valence-corrected chi connectivity index (χ2v) is 19.6. The highest BCUT2D eigenvalue weighted by Gasteiger charge is 2.50. The summed E-state index contributed by atoms with van der Waals surface area (Å²) in [6.45, 7) is 3.99. The molecule has 3 aromatic rings. The highest BCUT2D eigenvalue weighted by Crippen LogP contribution is 2.49. The molecule has 0 radical (unpaired) electrons. The normalized spacial score (nSPS) is 23.5. The van der Waals surface area contributed by atoms with E-state index >= 15 is 8.78 Å². The summed E-state index contributed by atoms with van der Waals surface area (Å²) in [6.07, 6.45) is 11.0. The van der Waals surface area contributed by atoms with Gasteiger partial charge in [-0.1, -0.05) is 12.8 Å². The maximum Gasteiger partial charge on any atom is 0.342 e. The summed E-state index contributed by atoms with van der Waals surface area (Å²) in [5, 5.41) is 8.60. The first-order valence-electron chi connectivity index (χ1n) is 23.6. The minimum Gasteiger partial charge on any atom is -0.495 e. The van der Waals surface area contributed by atoms with Crippen molar-refractivity contribution in [2.24, 2.45) is 11.3 Å². The Morgan fingerprint density at radius 1 is 0.910 bits per heavy atom. The predicted molar refractivity (Wildman–Crippen MR) is 243 cm³/mol. The Morgan fingerprint density at radius 2 is 1.64 bits per heavy atom. The SMILES string of the molecule is COc1cc(C(=O)NC2CC3(CCN(CC4CCN(c5ccc6c(c5)C(=O)N(C5CCC(=O)NC5=O)C6=O)CC4)CC3)C2)ccc1Nc1ncc2c(n1)N(C1CCCC1)CC(F)(F)C(=O)N2C. The molecule has 1 unspecified atom stereocenters. The van der Waals surface area contributed by atoms with Crippen LogP contribution in [0, 0.1) is 11.3 Å². The number of amides is 6. The van der Waals surface area contributed by atoms with Crippen LogP contribution < -0.4 is 35.4 Å². The first kappa shape index (κ1) is 44.6. The maximum atomic E-state index is 15.1. The Kier molecular flexibility index (Phi) is 11.6. The Bertz CT molecular complexity index is 2510. The van der Waals surface area contributed by atoms with Crippen LogP contribution in [-0.4, -0.2) is 133 Å². The van der Waals surface area contributed by atoms with Crippen LogP contribution in [-0.2, 0) is 14.4 Å². The van der Waals surface area contributed by atoms with Crippen LogP contribution in [0.15, 0.2) is 42.6 Å². The van der Waals surface area contributed by atoms with E-state index in [-0.39, 0.29) is 59.3 Å². The van der Waals surface area contributed by atoms with E-state index in [0.717, 1.165) is 112 Å². The van der Waals surface area contributed by atoms with Crippen molar-refractivity contribution in [3.8, 4) is 5.75 Å². The van der Waals surface area contributed by atoms with Gasteiger partial charge in [-0.05, 0) is 119 Å². The number of rotatable bonds is 10. The lowest BCUT2D eigenvalue weighted by Crippen LogP contribution is -2.55. The number of benzene rings is 2. The first-order chi connectivity index (χ1) is 32.2. The monoisotopic (exact) mass is 922 g/mol. The summed E-state index contributed by atoms with van der Waals surface area (Å²) >= 11 is 0. The summed E-state index contributed by atoms with van der Waals surface area (Å²) in [4.78, 5) is 94.2. The molecule has 2 saturated carbocycles. The van der Waals surface area contributed by atoms with Crippen molar-refractivity contribution >= 4 is 64.3 Å². The summed E-state index contributed by atoms with van der Waals surface area (Å²) in [6, 6.07) is 9.32. The smallest absolute Gasteiger partial charge is 0.342 e. The van der Waals surface area contributed by atoms with Crippen molar-refractivity contribution in [2.75, 3.05) is 73.4 Å². The molecule has 1 aromatic heterocycles. The topological polar surface area (TPSA) is 190 Å². The molecule has 67 heavy (non-hydrogen) atoms. The third kappa shape index (κ3) is 8.43. The van der Waals surface area contributed by atoms with E-state index in [4.69, 9.17) is 4.74 Å². The van der Waals surface area contributed by atoms with E-state index in [1.165, 1.54) is 20.4 Å². The number of nitrogens with zero attached hydrogens (tertiary/aromatic N) is 7. The molecule has 0 bridgehead atoms. The molecule has 1 spiro atoms. The fourth-order valence-corrected chi connectivity index (χ4v) is 11.5.